The molecule has 128 valence electrons. The summed E-state index contributed by atoms with van der Waals surface area (Å²) in [4.78, 5) is 15.9. The Kier molecular flexibility index (Phi) is 6.57. The number of hydrogen-bond acceptors (Lipinski definition) is 4. The number of hydrogen-bond donors (Lipinski definition) is 3. The number of nitrogens with zero attached hydrogens (tertiary/aromatic N) is 1. The number of aromatic nitrogens is 1. The Morgan fingerprint density at radius 2 is 2.08 bits per heavy atom. The van der Waals surface area contributed by atoms with Gasteiger partial charge in [-0.25, -0.2) is 4.98 Å². The molecule has 0 radical (unpaired) electrons. The number of fused-ring (bicyclic) bond motifs is 1. The van der Waals surface area contributed by atoms with Gasteiger partial charge in [0, 0.05) is 25.3 Å². The third-order valence-electron chi connectivity index (χ3n) is 4.04. The molecule has 0 saturated heterocycles. The highest BCUT2D eigenvalue weighted by molar-refractivity contribution is 6.29. The van der Waals surface area contributed by atoms with E-state index in [4.69, 9.17) is 11.6 Å². The highest BCUT2D eigenvalue weighted by Gasteiger charge is 2.24. The van der Waals surface area contributed by atoms with Crippen molar-refractivity contribution >= 4 is 29.9 Å². The summed E-state index contributed by atoms with van der Waals surface area (Å²) in [5, 5.41) is 16.7. The predicted molar refractivity (Wildman–Crippen MR) is 95.6 cm³/mol. The Morgan fingerprint density at radius 1 is 1.33 bits per heavy atom. The number of aliphatic hydroxyl groups is 1. The molecule has 0 fully saturated rings. The summed E-state index contributed by atoms with van der Waals surface area (Å²) < 4.78 is 0. The molecule has 2 atom stereocenters. The quantitative estimate of drug-likeness (QED) is 0.722. The summed E-state index contributed by atoms with van der Waals surface area (Å²) in [6.45, 7) is 0.911. The van der Waals surface area contributed by atoms with E-state index in [1.807, 2.05) is 12.1 Å². The molecule has 2 aromatic rings. The number of pyridine rings is 1. The van der Waals surface area contributed by atoms with Crippen LogP contribution in [0.3, 0.4) is 0 Å². The van der Waals surface area contributed by atoms with E-state index in [-0.39, 0.29) is 30.9 Å². The van der Waals surface area contributed by atoms with E-state index in [9.17, 15) is 9.90 Å². The maximum atomic E-state index is 12.0. The first-order valence-corrected chi connectivity index (χ1v) is 7.89. The Bertz CT molecular complexity index is 694. The molecular weight excluding hydrogens is 349 g/mol. The lowest BCUT2D eigenvalue weighted by Crippen LogP contribution is -2.49. The van der Waals surface area contributed by atoms with Crippen LogP contribution in [0.15, 0.2) is 42.6 Å². The van der Waals surface area contributed by atoms with E-state index in [1.165, 1.54) is 17.3 Å². The van der Waals surface area contributed by atoms with Gasteiger partial charge in [0.25, 0.3) is 5.91 Å². The molecule has 0 spiro atoms. The van der Waals surface area contributed by atoms with Gasteiger partial charge < -0.3 is 15.7 Å². The SMILES string of the molecule is Cl.O=C(NCC(O)[C@@H]1Cc2ccccc2CN1)c1ccc(Cl)nc1. The first-order chi connectivity index (χ1) is 11.1. The number of rotatable bonds is 4. The summed E-state index contributed by atoms with van der Waals surface area (Å²) in [6.07, 6.45) is 1.50. The second-order valence-electron chi connectivity index (χ2n) is 5.61. The zero-order chi connectivity index (χ0) is 16.2. The molecule has 1 unspecified atom stereocenters. The van der Waals surface area contributed by atoms with Crippen molar-refractivity contribution in [2.45, 2.75) is 25.1 Å². The minimum Gasteiger partial charge on any atom is -0.390 e. The van der Waals surface area contributed by atoms with Crippen molar-refractivity contribution in [1.82, 2.24) is 15.6 Å². The third-order valence-corrected chi connectivity index (χ3v) is 4.26. The van der Waals surface area contributed by atoms with E-state index in [0.717, 1.165) is 13.0 Å². The molecule has 2 heterocycles. The van der Waals surface area contributed by atoms with Crippen molar-refractivity contribution in [3.63, 3.8) is 0 Å². The Labute approximate surface area is 151 Å². The summed E-state index contributed by atoms with van der Waals surface area (Å²) in [6, 6.07) is 11.3. The van der Waals surface area contributed by atoms with E-state index < -0.39 is 6.10 Å². The maximum absolute atomic E-state index is 12.0. The molecule has 0 aliphatic carbocycles. The molecule has 7 heteroatoms. The maximum Gasteiger partial charge on any atom is 0.252 e. The van der Waals surface area contributed by atoms with Crippen molar-refractivity contribution in [2.75, 3.05) is 6.54 Å². The van der Waals surface area contributed by atoms with Crippen LogP contribution in [0.4, 0.5) is 0 Å². The fourth-order valence-corrected chi connectivity index (χ4v) is 2.81. The van der Waals surface area contributed by atoms with Gasteiger partial charge in [-0.3, -0.25) is 4.79 Å². The van der Waals surface area contributed by atoms with Gasteiger partial charge in [-0.2, -0.15) is 0 Å². The average Bonchev–Trinajstić information content (AvgIpc) is 2.59. The Morgan fingerprint density at radius 3 is 2.79 bits per heavy atom. The highest BCUT2D eigenvalue weighted by Crippen LogP contribution is 2.17. The molecule has 1 amide bonds. The molecule has 0 saturated carbocycles. The van der Waals surface area contributed by atoms with Gasteiger partial charge in [0.05, 0.1) is 11.7 Å². The van der Waals surface area contributed by atoms with Gasteiger partial charge in [-0.15, -0.1) is 12.4 Å². The van der Waals surface area contributed by atoms with Crippen molar-refractivity contribution in [1.29, 1.82) is 0 Å². The van der Waals surface area contributed by atoms with Crippen LogP contribution >= 0.6 is 24.0 Å². The normalized spacial score (nSPS) is 17.3. The second kappa shape index (κ2) is 8.44. The molecule has 0 bridgehead atoms. The van der Waals surface area contributed by atoms with Crippen molar-refractivity contribution < 1.29 is 9.90 Å². The second-order valence-corrected chi connectivity index (χ2v) is 5.99. The number of nitrogens with one attached hydrogen (secondary N) is 2. The molecule has 3 N–H and O–H groups in total. The lowest BCUT2D eigenvalue weighted by molar-refractivity contribution is 0.0869. The van der Waals surface area contributed by atoms with Crippen LogP contribution in [0.5, 0.6) is 0 Å². The number of carbonyl (C=O) groups excluding carboxylic acids is 1. The predicted octanol–water partition coefficient (Wildman–Crippen LogP) is 1.96. The summed E-state index contributed by atoms with van der Waals surface area (Å²) in [5.74, 6) is -0.274. The highest BCUT2D eigenvalue weighted by atomic mass is 35.5. The van der Waals surface area contributed by atoms with Crippen LogP contribution in [0.25, 0.3) is 0 Å². The number of halogens is 2. The molecule has 1 aromatic carbocycles. The number of carbonyl (C=O) groups is 1. The van der Waals surface area contributed by atoms with Crippen LogP contribution < -0.4 is 10.6 Å². The van der Waals surface area contributed by atoms with Gasteiger partial charge in [0.15, 0.2) is 0 Å². The topological polar surface area (TPSA) is 74.2 Å². The minimum absolute atomic E-state index is 0. The average molecular weight is 368 g/mol. The van der Waals surface area contributed by atoms with Crippen LogP contribution in [0.1, 0.15) is 21.5 Å². The summed E-state index contributed by atoms with van der Waals surface area (Å²) in [5.41, 5.74) is 2.92. The molecule has 3 rings (SSSR count). The van der Waals surface area contributed by atoms with Crippen molar-refractivity contribution in [3.05, 3.63) is 64.4 Å². The molecule has 5 nitrogen and oxygen atoms in total. The van der Waals surface area contributed by atoms with Crippen LogP contribution in [-0.4, -0.2) is 34.7 Å². The van der Waals surface area contributed by atoms with E-state index in [1.54, 1.807) is 12.1 Å². The number of benzene rings is 1. The monoisotopic (exact) mass is 367 g/mol. The smallest absolute Gasteiger partial charge is 0.252 e. The lowest BCUT2D eigenvalue weighted by atomic mass is 9.93. The zero-order valence-corrected chi connectivity index (χ0v) is 14.5. The largest absolute Gasteiger partial charge is 0.390 e. The fourth-order valence-electron chi connectivity index (χ4n) is 2.70. The first kappa shape index (κ1) is 18.7. The van der Waals surface area contributed by atoms with Crippen LogP contribution in [-0.2, 0) is 13.0 Å². The van der Waals surface area contributed by atoms with Crippen LogP contribution in [0, 0.1) is 0 Å². The number of amides is 1. The molecule has 1 aliphatic heterocycles. The van der Waals surface area contributed by atoms with Crippen molar-refractivity contribution in [3.8, 4) is 0 Å². The van der Waals surface area contributed by atoms with E-state index >= 15 is 0 Å². The third kappa shape index (κ3) is 4.45. The zero-order valence-electron chi connectivity index (χ0n) is 12.9. The van der Waals surface area contributed by atoms with Gasteiger partial charge in [-0.05, 0) is 29.7 Å². The molecule has 1 aliphatic rings. The number of aliphatic hydroxyl groups excluding tert-OH is 1. The summed E-state index contributed by atoms with van der Waals surface area (Å²) >= 11 is 5.70. The van der Waals surface area contributed by atoms with E-state index in [0.29, 0.717) is 10.7 Å². The van der Waals surface area contributed by atoms with Gasteiger partial charge >= 0.3 is 0 Å². The van der Waals surface area contributed by atoms with Crippen LogP contribution in [0.2, 0.25) is 5.15 Å². The first-order valence-electron chi connectivity index (χ1n) is 7.51. The minimum atomic E-state index is -0.660. The molecular formula is C17H19Cl2N3O2. The Balaban J connectivity index is 0.00000208. The summed E-state index contributed by atoms with van der Waals surface area (Å²) in [7, 11) is 0. The lowest BCUT2D eigenvalue weighted by Gasteiger charge is -2.30. The van der Waals surface area contributed by atoms with E-state index in [2.05, 4.69) is 27.8 Å². The van der Waals surface area contributed by atoms with Gasteiger partial charge in [0.1, 0.15) is 5.15 Å². The standard InChI is InChI=1S/C17H18ClN3O2.ClH/c18-16-6-5-13(9-20-16)17(23)21-10-15(22)14-7-11-3-1-2-4-12(11)8-19-14;/h1-6,9,14-15,19,22H,7-8,10H2,(H,21,23);1H/t14-,15?;/m0./s1. The Hall–Kier alpha value is -1.66. The van der Waals surface area contributed by atoms with Crippen molar-refractivity contribution in [2.24, 2.45) is 0 Å². The molecule has 24 heavy (non-hydrogen) atoms. The van der Waals surface area contributed by atoms with Gasteiger partial charge in [-0.1, -0.05) is 35.9 Å². The molecule has 1 aromatic heterocycles. The fraction of sp³-hybridized carbons (Fsp3) is 0.294. The van der Waals surface area contributed by atoms with Gasteiger partial charge in [0.2, 0.25) is 0 Å².